The zero-order chi connectivity index (χ0) is 17.1. The molecule has 25 heavy (non-hydrogen) atoms. The van der Waals surface area contributed by atoms with E-state index in [0.29, 0.717) is 18.9 Å². The first kappa shape index (κ1) is 19.7. The lowest BCUT2D eigenvalue weighted by Gasteiger charge is -2.25. The van der Waals surface area contributed by atoms with Gasteiger partial charge in [-0.15, -0.1) is 12.4 Å². The molecule has 0 radical (unpaired) electrons. The number of nitrogens with one attached hydrogen (secondary N) is 2. The Morgan fingerprint density at radius 2 is 1.80 bits per heavy atom. The fourth-order valence-electron chi connectivity index (χ4n) is 3.49. The van der Waals surface area contributed by atoms with Gasteiger partial charge >= 0.3 is 0 Å². The summed E-state index contributed by atoms with van der Waals surface area (Å²) >= 11 is 0. The minimum absolute atomic E-state index is 0. The Morgan fingerprint density at radius 3 is 2.40 bits per heavy atom. The highest BCUT2D eigenvalue weighted by molar-refractivity contribution is 6.09. The molecule has 138 valence electrons. The van der Waals surface area contributed by atoms with E-state index in [2.05, 4.69) is 36.6 Å². The molecule has 1 unspecified atom stereocenters. The van der Waals surface area contributed by atoms with Crippen LogP contribution in [0.1, 0.15) is 44.6 Å². The largest absolute Gasteiger partial charge is 0.353 e. The van der Waals surface area contributed by atoms with Crippen molar-refractivity contribution in [2.24, 2.45) is 5.92 Å². The molecule has 2 aliphatic heterocycles. The van der Waals surface area contributed by atoms with Gasteiger partial charge in [-0.05, 0) is 56.0 Å². The number of hydrogen-bond donors (Lipinski definition) is 2. The summed E-state index contributed by atoms with van der Waals surface area (Å²) in [5.41, 5.74) is 2.15. The fraction of sp³-hybridized carbons (Fsp3) is 0.579. The maximum atomic E-state index is 12.7. The highest BCUT2D eigenvalue weighted by Gasteiger charge is 2.38. The molecule has 2 saturated heterocycles. The molecule has 2 aliphatic rings. The quantitative estimate of drug-likeness (QED) is 0.806. The summed E-state index contributed by atoms with van der Waals surface area (Å²) in [5, 5.41) is 6.34. The van der Waals surface area contributed by atoms with E-state index in [1.54, 1.807) is 4.90 Å². The van der Waals surface area contributed by atoms with E-state index in [9.17, 15) is 9.59 Å². The van der Waals surface area contributed by atoms with Crippen LogP contribution in [0.3, 0.4) is 0 Å². The molecule has 0 aliphatic carbocycles. The van der Waals surface area contributed by atoms with Gasteiger partial charge in [0, 0.05) is 18.3 Å². The van der Waals surface area contributed by atoms with E-state index in [1.807, 2.05) is 12.1 Å². The Labute approximate surface area is 155 Å². The molecule has 3 rings (SSSR count). The number of amides is 2. The van der Waals surface area contributed by atoms with E-state index < -0.39 is 5.92 Å². The minimum Gasteiger partial charge on any atom is -0.353 e. The van der Waals surface area contributed by atoms with Gasteiger partial charge in [0.2, 0.25) is 11.8 Å². The van der Waals surface area contributed by atoms with Crippen LogP contribution in [-0.4, -0.2) is 37.5 Å². The Kier molecular flexibility index (Phi) is 6.85. The fourth-order valence-corrected chi connectivity index (χ4v) is 3.49. The number of carbonyl (C=O) groups excluding carboxylic acids is 2. The highest BCUT2D eigenvalue weighted by atomic mass is 35.5. The zero-order valence-corrected chi connectivity index (χ0v) is 15.8. The molecule has 0 aromatic heterocycles. The first-order valence-electron chi connectivity index (χ1n) is 8.98. The van der Waals surface area contributed by atoms with Crippen molar-refractivity contribution in [1.29, 1.82) is 0 Å². The molecule has 6 heteroatoms. The minimum atomic E-state index is -0.537. The van der Waals surface area contributed by atoms with Crippen LogP contribution in [0.5, 0.6) is 0 Å². The summed E-state index contributed by atoms with van der Waals surface area (Å²) in [6, 6.07) is 8.30. The first-order valence-corrected chi connectivity index (χ1v) is 8.98. The number of rotatable bonds is 4. The van der Waals surface area contributed by atoms with Crippen molar-refractivity contribution >= 4 is 29.9 Å². The standard InChI is InChI=1S/C19H27N3O2.ClH/c1-13(2)14-3-5-16(6-4-14)22-12-9-17(19(22)24)18(23)21-15-7-10-20-11-8-15;/h3-6,13,15,17,20H,7-12H2,1-2H3,(H,21,23);1H. The molecular weight excluding hydrogens is 338 g/mol. The van der Waals surface area contributed by atoms with Gasteiger partial charge < -0.3 is 15.5 Å². The van der Waals surface area contributed by atoms with Crippen molar-refractivity contribution < 1.29 is 9.59 Å². The van der Waals surface area contributed by atoms with E-state index in [-0.39, 0.29) is 30.3 Å². The topological polar surface area (TPSA) is 61.4 Å². The van der Waals surface area contributed by atoms with Gasteiger partial charge in [-0.1, -0.05) is 26.0 Å². The van der Waals surface area contributed by atoms with Gasteiger partial charge in [-0.3, -0.25) is 9.59 Å². The zero-order valence-electron chi connectivity index (χ0n) is 15.0. The average molecular weight is 366 g/mol. The van der Waals surface area contributed by atoms with Crippen LogP contribution in [0.2, 0.25) is 0 Å². The maximum Gasteiger partial charge on any atom is 0.239 e. The summed E-state index contributed by atoms with van der Waals surface area (Å²) in [6.45, 7) is 6.77. The van der Waals surface area contributed by atoms with Gasteiger partial charge in [-0.2, -0.15) is 0 Å². The molecule has 1 aromatic carbocycles. The molecule has 0 saturated carbocycles. The second-order valence-corrected chi connectivity index (χ2v) is 7.11. The van der Waals surface area contributed by atoms with Gasteiger partial charge in [0.05, 0.1) is 0 Å². The first-order chi connectivity index (χ1) is 11.6. The summed E-state index contributed by atoms with van der Waals surface area (Å²) in [4.78, 5) is 26.9. The second-order valence-electron chi connectivity index (χ2n) is 7.11. The van der Waals surface area contributed by atoms with Gasteiger partial charge in [0.1, 0.15) is 5.92 Å². The Morgan fingerprint density at radius 1 is 1.16 bits per heavy atom. The van der Waals surface area contributed by atoms with Crippen LogP contribution in [0, 0.1) is 5.92 Å². The van der Waals surface area contributed by atoms with Gasteiger partial charge in [0.15, 0.2) is 0 Å². The number of anilines is 1. The second kappa shape index (κ2) is 8.68. The molecular formula is C19H28ClN3O2. The van der Waals surface area contributed by atoms with Crippen molar-refractivity contribution in [3.63, 3.8) is 0 Å². The van der Waals surface area contributed by atoms with Crippen molar-refractivity contribution in [3.05, 3.63) is 29.8 Å². The third-order valence-electron chi connectivity index (χ3n) is 5.08. The van der Waals surface area contributed by atoms with Crippen LogP contribution in [0.15, 0.2) is 24.3 Å². The van der Waals surface area contributed by atoms with Crippen LogP contribution in [-0.2, 0) is 9.59 Å². The summed E-state index contributed by atoms with van der Waals surface area (Å²) in [6.07, 6.45) is 2.47. The van der Waals surface area contributed by atoms with Crippen molar-refractivity contribution in [2.45, 2.75) is 45.1 Å². The van der Waals surface area contributed by atoms with E-state index in [0.717, 1.165) is 31.6 Å². The monoisotopic (exact) mass is 365 g/mol. The van der Waals surface area contributed by atoms with Crippen LogP contribution >= 0.6 is 12.4 Å². The molecule has 5 nitrogen and oxygen atoms in total. The molecule has 0 spiro atoms. The highest BCUT2D eigenvalue weighted by Crippen LogP contribution is 2.27. The number of benzene rings is 1. The van der Waals surface area contributed by atoms with Crippen molar-refractivity contribution in [2.75, 3.05) is 24.5 Å². The number of halogens is 1. The lowest BCUT2D eigenvalue weighted by molar-refractivity contribution is -0.132. The van der Waals surface area contributed by atoms with Gasteiger partial charge in [0.25, 0.3) is 0 Å². The van der Waals surface area contributed by atoms with E-state index in [1.165, 1.54) is 5.56 Å². The predicted molar refractivity (Wildman–Crippen MR) is 102 cm³/mol. The van der Waals surface area contributed by atoms with Crippen LogP contribution in [0.4, 0.5) is 5.69 Å². The van der Waals surface area contributed by atoms with Crippen LogP contribution in [0.25, 0.3) is 0 Å². The van der Waals surface area contributed by atoms with Crippen molar-refractivity contribution in [1.82, 2.24) is 10.6 Å². The summed E-state index contributed by atoms with van der Waals surface area (Å²) < 4.78 is 0. The third kappa shape index (κ3) is 4.53. The Balaban J connectivity index is 0.00000225. The number of carbonyl (C=O) groups is 2. The number of hydrogen-bond acceptors (Lipinski definition) is 3. The van der Waals surface area contributed by atoms with E-state index >= 15 is 0 Å². The Bertz CT molecular complexity index is 597. The molecule has 2 N–H and O–H groups in total. The lowest BCUT2D eigenvalue weighted by Crippen LogP contribution is -2.46. The lowest BCUT2D eigenvalue weighted by atomic mass is 10.0. The molecule has 0 bridgehead atoms. The normalized spacial score (nSPS) is 21.3. The third-order valence-corrected chi connectivity index (χ3v) is 5.08. The molecule has 1 aromatic rings. The molecule has 1 atom stereocenters. The number of piperidine rings is 1. The smallest absolute Gasteiger partial charge is 0.239 e. The SMILES string of the molecule is CC(C)c1ccc(N2CCC(C(=O)NC3CCNCC3)C2=O)cc1.Cl. The average Bonchev–Trinajstić information content (AvgIpc) is 2.97. The maximum absolute atomic E-state index is 12.7. The predicted octanol–water partition coefficient (Wildman–Crippen LogP) is 2.45. The Hall–Kier alpha value is -1.59. The number of nitrogens with zero attached hydrogens (tertiary/aromatic N) is 1. The van der Waals surface area contributed by atoms with E-state index in [4.69, 9.17) is 0 Å². The van der Waals surface area contributed by atoms with Crippen molar-refractivity contribution in [3.8, 4) is 0 Å². The summed E-state index contributed by atoms with van der Waals surface area (Å²) in [7, 11) is 0. The summed E-state index contributed by atoms with van der Waals surface area (Å²) in [5.74, 6) is -0.242. The van der Waals surface area contributed by atoms with Crippen LogP contribution < -0.4 is 15.5 Å². The van der Waals surface area contributed by atoms with Gasteiger partial charge in [-0.25, -0.2) is 0 Å². The molecule has 2 fully saturated rings. The molecule has 2 amide bonds. The molecule has 2 heterocycles.